The van der Waals surface area contributed by atoms with E-state index in [9.17, 15) is 9.59 Å². The Kier molecular flexibility index (Phi) is 4.01. The van der Waals surface area contributed by atoms with Gasteiger partial charge in [-0.3, -0.25) is 9.59 Å². The number of carbonyl (C=O) groups excluding carboxylic acids is 2. The summed E-state index contributed by atoms with van der Waals surface area (Å²) in [6.07, 6.45) is 3.20. The van der Waals surface area contributed by atoms with Gasteiger partial charge in [0.25, 0.3) is 5.91 Å². The van der Waals surface area contributed by atoms with Gasteiger partial charge < -0.3 is 5.32 Å². The molecule has 0 aliphatic rings. The number of hydrogen-bond donors (Lipinski definition) is 1. The van der Waals surface area contributed by atoms with Crippen molar-refractivity contribution in [2.75, 3.05) is 5.32 Å². The maximum atomic E-state index is 12.2. The monoisotopic (exact) mass is 305 g/mol. The zero-order chi connectivity index (χ0) is 16.2. The Bertz CT molecular complexity index is 836. The number of rotatable bonds is 4. The summed E-state index contributed by atoms with van der Waals surface area (Å²) in [7, 11) is 0. The molecule has 0 aliphatic heterocycles. The first-order valence-corrected chi connectivity index (χ1v) is 7.16. The summed E-state index contributed by atoms with van der Waals surface area (Å²) >= 11 is 0. The van der Waals surface area contributed by atoms with Gasteiger partial charge >= 0.3 is 0 Å². The summed E-state index contributed by atoms with van der Waals surface area (Å²) < 4.78 is 1.65. The second kappa shape index (κ2) is 6.27. The normalized spacial score (nSPS) is 10.3. The van der Waals surface area contributed by atoms with Crippen LogP contribution in [0.3, 0.4) is 0 Å². The molecule has 5 heteroatoms. The molecule has 0 fully saturated rings. The number of ketones is 1. The molecule has 1 aromatic heterocycles. The SMILES string of the molecule is CC(=O)c1ccc(NC(=O)c2cnn(-c3ccccc3)c2)cc1. The quantitative estimate of drug-likeness (QED) is 0.752. The van der Waals surface area contributed by atoms with Crippen LogP contribution in [-0.2, 0) is 0 Å². The lowest BCUT2D eigenvalue weighted by Crippen LogP contribution is -2.11. The number of nitrogens with one attached hydrogen (secondary N) is 1. The molecule has 114 valence electrons. The first-order chi connectivity index (χ1) is 11.1. The molecule has 3 rings (SSSR count). The van der Waals surface area contributed by atoms with Crippen molar-refractivity contribution in [1.82, 2.24) is 9.78 Å². The Labute approximate surface area is 133 Å². The predicted octanol–water partition coefficient (Wildman–Crippen LogP) is 3.33. The lowest BCUT2D eigenvalue weighted by molar-refractivity contribution is 0.101. The Hall–Kier alpha value is -3.21. The van der Waals surface area contributed by atoms with Crippen molar-refractivity contribution in [3.05, 3.63) is 78.1 Å². The number of para-hydroxylation sites is 1. The van der Waals surface area contributed by atoms with Crippen molar-refractivity contribution in [3.63, 3.8) is 0 Å². The van der Waals surface area contributed by atoms with Gasteiger partial charge in [-0.1, -0.05) is 18.2 Å². The van der Waals surface area contributed by atoms with Gasteiger partial charge in [0.05, 0.1) is 17.4 Å². The number of Topliss-reactive ketones (excluding diaryl/α,β-unsaturated/α-hetero) is 1. The van der Waals surface area contributed by atoms with Gasteiger partial charge in [-0.15, -0.1) is 0 Å². The predicted molar refractivity (Wildman–Crippen MR) is 88.0 cm³/mol. The number of hydrogen-bond acceptors (Lipinski definition) is 3. The van der Waals surface area contributed by atoms with Crippen LogP contribution in [-0.4, -0.2) is 21.5 Å². The Morgan fingerprint density at radius 3 is 2.30 bits per heavy atom. The fraction of sp³-hybridized carbons (Fsp3) is 0.0556. The van der Waals surface area contributed by atoms with E-state index in [4.69, 9.17) is 0 Å². The highest BCUT2D eigenvalue weighted by molar-refractivity contribution is 6.04. The Morgan fingerprint density at radius 1 is 0.957 bits per heavy atom. The molecule has 0 unspecified atom stereocenters. The van der Waals surface area contributed by atoms with E-state index in [-0.39, 0.29) is 11.7 Å². The van der Waals surface area contributed by atoms with Crippen molar-refractivity contribution >= 4 is 17.4 Å². The maximum absolute atomic E-state index is 12.2. The van der Waals surface area contributed by atoms with Crippen molar-refractivity contribution in [1.29, 1.82) is 0 Å². The second-order valence-electron chi connectivity index (χ2n) is 5.10. The molecular weight excluding hydrogens is 290 g/mol. The lowest BCUT2D eigenvalue weighted by Gasteiger charge is -2.04. The molecule has 0 saturated heterocycles. The van der Waals surface area contributed by atoms with Gasteiger partial charge in [-0.05, 0) is 43.3 Å². The van der Waals surface area contributed by atoms with E-state index in [2.05, 4.69) is 10.4 Å². The molecule has 0 radical (unpaired) electrons. The molecule has 5 nitrogen and oxygen atoms in total. The number of carbonyl (C=O) groups is 2. The van der Waals surface area contributed by atoms with Crippen LogP contribution in [0.2, 0.25) is 0 Å². The zero-order valence-corrected chi connectivity index (χ0v) is 12.6. The minimum atomic E-state index is -0.247. The van der Waals surface area contributed by atoms with Crippen molar-refractivity contribution in [2.45, 2.75) is 6.92 Å². The largest absolute Gasteiger partial charge is 0.322 e. The summed E-state index contributed by atoms with van der Waals surface area (Å²) in [6, 6.07) is 16.3. The molecule has 1 heterocycles. The minimum absolute atomic E-state index is 0.00739. The molecule has 1 N–H and O–H groups in total. The Morgan fingerprint density at radius 2 is 1.65 bits per heavy atom. The standard InChI is InChI=1S/C18H15N3O2/c1-13(22)14-7-9-16(10-8-14)20-18(23)15-11-19-21(12-15)17-5-3-2-4-6-17/h2-12H,1H3,(H,20,23). The minimum Gasteiger partial charge on any atom is -0.322 e. The lowest BCUT2D eigenvalue weighted by atomic mass is 10.1. The number of benzene rings is 2. The first-order valence-electron chi connectivity index (χ1n) is 7.16. The van der Waals surface area contributed by atoms with Crippen molar-refractivity contribution in [2.24, 2.45) is 0 Å². The van der Waals surface area contributed by atoms with Crippen molar-refractivity contribution < 1.29 is 9.59 Å². The van der Waals surface area contributed by atoms with Crippen LogP contribution in [0.4, 0.5) is 5.69 Å². The van der Waals surface area contributed by atoms with Gasteiger partial charge in [0.1, 0.15) is 0 Å². The summed E-state index contributed by atoms with van der Waals surface area (Å²) in [6.45, 7) is 1.51. The van der Waals surface area contributed by atoms with Gasteiger partial charge in [0, 0.05) is 17.4 Å². The highest BCUT2D eigenvalue weighted by atomic mass is 16.1. The molecular formula is C18H15N3O2. The second-order valence-corrected chi connectivity index (χ2v) is 5.10. The van der Waals surface area contributed by atoms with E-state index < -0.39 is 0 Å². The molecule has 23 heavy (non-hydrogen) atoms. The van der Waals surface area contributed by atoms with E-state index >= 15 is 0 Å². The fourth-order valence-corrected chi connectivity index (χ4v) is 2.15. The number of anilines is 1. The average molecular weight is 305 g/mol. The van der Waals surface area contributed by atoms with Crippen LogP contribution in [0.15, 0.2) is 67.0 Å². The molecule has 0 atom stereocenters. The van der Waals surface area contributed by atoms with Crippen molar-refractivity contribution in [3.8, 4) is 5.69 Å². The Balaban J connectivity index is 1.74. The summed E-state index contributed by atoms with van der Waals surface area (Å²) in [5, 5.41) is 6.98. The van der Waals surface area contributed by atoms with E-state index in [0.29, 0.717) is 16.8 Å². The van der Waals surface area contributed by atoms with Crippen LogP contribution in [0.25, 0.3) is 5.69 Å². The summed E-state index contributed by atoms with van der Waals surface area (Å²) in [4.78, 5) is 23.5. The van der Waals surface area contributed by atoms with Crippen LogP contribution in [0, 0.1) is 0 Å². The number of aromatic nitrogens is 2. The molecule has 0 aliphatic carbocycles. The van der Waals surface area contributed by atoms with E-state index in [0.717, 1.165) is 5.69 Å². The number of nitrogens with zero attached hydrogens (tertiary/aromatic N) is 2. The fourth-order valence-electron chi connectivity index (χ4n) is 2.15. The van der Waals surface area contributed by atoms with E-state index in [1.54, 1.807) is 35.1 Å². The van der Waals surface area contributed by atoms with Gasteiger partial charge in [0.2, 0.25) is 0 Å². The van der Waals surface area contributed by atoms with Crippen LogP contribution in [0.5, 0.6) is 0 Å². The molecule has 0 spiro atoms. The van der Waals surface area contributed by atoms with Crippen LogP contribution >= 0.6 is 0 Å². The summed E-state index contributed by atoms with van der Waals surface area (Å²) in [5.74, 6) is -0.255. The molecule has 3 aromatic rings. The van der Waals surface area contributed by atoms with E-state index in [1.807, 2.05) is 30.3 Å². The third-order valence-corrected chi connectivity index (χ3v) is 3.41. The molecule has 0 saturated carbocycles. The average Bonchev–Trinajstić information content (AvgIpc) is 3.06. The zero-order valence-electron chi connectivity index (χ0n) is 12.6. The third-order valence-electron chi connectivity index (χ3n) is 3.41. The highest BCUT2D eigenvalue weighted by Gasteiger charge is 2.10. The highest BCUT2D eigenvalue weighted by Crippen LogP contribution is 2.13. The summed E-state index contributed by atoms with van der Waals surface area (Å²) in [5.41, 5.74) is 2.59. The molecule has 1 amide bonds. The molecule has 2 aromatic carbocycles. The van der Waals surface area contributed by atoms with E-state index in [1.165, 1.54) is 13.1 Å². The first kappa shape index (κ1) is 14.7. The molecule has 0 bridgehead atoms. The smallest absolute Gasteiger partial charge is 0.258 e. The third kappa shape index (κ3) is 3.35. The topological polar surface area (TPSA) is 64.0 Å². The van der Waals surface area contributed by atoms with Crippen LogP contribution < -0.4 is 5.32 Å². The van der Waals surface area contributed by atoms with Gasteiger partial charge in [-0.25, -0.2) is 4.68 Å². The number of amides is 1. The van der Waals surface area contributed by atoms with Gasteiger partial charge in [0.15, 0.2) is 5.78 Å². The maximum Gasteiger partial charge on any atom is 0.258 e. The van der Waals surface area contributed by atoms with Gasteiger partial charge in [-0.2, -0.15) is 5.10 Å². The van der Waals surface area contributed by atoms with Crippen LogP contribution in [0.1, 0.15) is 27.6 Å².